The molecule has 1 unspecified atom stereocenters. The topological polar surface area (TPSA) is 89.8 Å². The Kier molecular flexibility index (Phi) is 6.45. The van der Waals surface area contributed by atoms with E-state index in [0.29, 0.717) is 38.4 Å². The van der Waals surface area contributed by atoms with Crippen LogP contribution < -0.4 is 4.74 Å². The van der Waals surface area contributed by atoms with E-state index in [4.69, 9.17) is 9.47 Å². The molecule has 0 bridgehead atoms. The molecule has 0 saturated carbocycles. The van der Waals surface area contributed by atoms with Gasteiger partial charge in [-0.1, -0.05) is 29.5 Å². The maximum atomic E-state index is 13.2. The highest BCUT2D eigenvalue weighted by molar-refractivity contribution is 5.93. The number of amides is 2. The van der Waals surface area contributed by atoms with Crippen LogP contribution >= 0.6 is 0 Å². The molecule has 9 nitrogen and oxygen atoms in total. The van der Waals surface area contributed by atoms with Crippen LogP contribution in [0, 0.1) is 5.82 Å². The lowest BCUT2D eigenvalue weighted by Crippen LogP contribution is -2.51. The number of rotatable bonds is 5. The first kappa shape index (κ1) is 23.0. The highest BCUT2D eigenvalue weighted by atomic mass is 19.1. The van der Waals surface area contributed by atoms with E-state index in [2.05, 4.69) is 10.3 Å². The Bertz CT molecular complexity index is 1220. The minimum absolute atomic E-state index is 0.0200. The van der Waals surface area contributed by atoms with Gasteiger partial charge in [0, 0.05) is 26.2 Å². The van der Waals surface area contributed by atoms with Crippen molar-refractivity contribution in [3.8, 4) is 5.75 Å². The first-order chi connectivity index (χ1) is 17.0. The lowest BCUT2D eigenvalue weighted by molar-refractivity contribution is -0.131. The van der Waals surface area contributed by atoms with Gasteiger partial charge in [0.2, 0.25) is 5.91 Å². The maximum absolute atomic E-state index is 13.2. The normalized spacial score (nSPS) is 17.7. The van der Waals surface area contributed by atoms with E-state index in [1.54, 1.807) is 33.7 Å². The molecule has 0 aliphatic carbocycles. The average molecular weight is 480 g/mol. The van der Waals surface area contributed by atoms with Crippen molar-refractivity contribution in [3.63, 3.8) is 0 Å². The number of benzene rings is 2. The molecule has 5 rings (SSSR count). The van der Waals surface area contributed by atoms with Crippen LogP contribution in [0.15, 0.2) is 48.5 Å². The van der Waals surface area contributed by atoms with E-state index in [1.807, 2.05) is 24.3 Å². The Labute approximate surface area is 202 Å². The molecule has 1 saturated heterocycles. The highest BCUT2D eigenvalue weighted by Crippen LogP contribution is 2.27. The van der Waals surface area contributed by atoms with Crippen LogP contribution in [0.2, 0.25) is 0 Å². The number of methoxy groups -OCH3 is 1. The average Bonchev–Trinajstić information content (AvgIpc) is 3.32. The van der Waals surface area contributed by atoms with Gasteiger partial charge >= 0.3 is 0 Å². The molecule has 182 valence electrons. The number of fused-ring (bicyclic) bond motifs is 1. The smallest absolute Gasteiger partial charge is 0.276 e. The Balaban J connectivity index is 1.18. The summed E-state index contributed by atoms with van der Waals surface area (Å²) < 4.78 is 26.1. The number of carbonyl (C=O) groups is 2. The summed E-state index contributed by atoms with van der Waals surface area (Å²) in [5.74, 6) is 0.221. The van der Waals surface area contributed by atoms with Crippen molar-refractivity contribution >= 4 is 11.8 Å². The largest absolute Gasteiger partial charge is 0.497 e. The SMILES string of the molecule is COc1cccc(CC(=O)N2CCN(C(=O)c3nnn4c3COC(c3ccc(F)cc3)C4)CC2)c1. The van der Waals surface area contributed by atoms with Gasteiger partial charge in [-0.25, -0.2) is 9.07 Å². The van der Waals surface area contributed by atoms with Crippen molar-refractivity contribution in [2.24, 2.45) is 0 Å². The van der Waals surface area contributed by atoms with Gasteiger partial charge in [0.05, 0.1) is 32.4 Å². The summed E-state index contributed by atoms with van der Waals surface area (Å²) in [6, 6.07) is 13.6. The molecule has 1 atom stereocenters. The third-order valence-corrected chi connectivity index (χ3v) is 6.45. The molecule has 10 heteroatoms. The highest BCUT2D eigenvalue weighted by Gasteiger charge is 2.32. The standard InChI is InChI=1S/C25H26FN5O4/c1-34-20-4-2-3-17(13-20)14-23(32)29-9-11-30(12-10-29)25(33)24-21-16-35-22(15-31(21)28-27-24)18-5-7-19(26)8-6-18/h2-8,13,22H,9-12,14-16H2,1H3. The molecule has 1 fully saturated rings. The summed E-state index contributed by atoms with van der Waals surface area (Å²) in [5, 5.41) is 8.29. The Morgan fingerprint density at radius 2 is 1.83 bits per heavy atom. The van der Waals surface area contributed by atoms with Crippen molar-refractivity contribution in [3.05, 3.63) is 76.9 Å². The molecular formula is C25H26FN5O4. The molecule has 2 amide bonds. The predicted molar refractivity (Wildman–Crippen MR) is 123 cm³/mol. The first-order valence-electron chi connectivity index (χ1n) is 11.5. The number of halogens is 1. The van der Waals surface area contributed by atoms with Crippen LogP contribution in [0.25, 0.3) is 0 Å². The van der Waals surface area contributed by atoms with Crippen LogP contribution in [0.3, 0.4) is 0 Å². The zero-order valence-corrected chi connectivity index (χ0v) is 19.4. The summed E-state index contributed by atoms with van der Waals surface area (Å²) in [7, 11) is 1.60. The van der Waals surface area contributed by atoms with Gasteiger partial charge in [0.15, 0.2) is 5.69 Å². The fourth-order valence-electron chi connectivity index (χ4n) is 4.43. The van der Waals surface area contributed by atoms with Crippen LogP contribution in [-0.2, 0) is 29.1 Å². The maximum Gasteiger partial charge on any atom is 0.276 e. The van der Waals surface area contributed by atoms with E-state index >= 15 is 0 Å². The van der Waals surface area contributed by atoms with Crippen molar-refractivity contribution in [1.82, 2.24) is 24.8 Å². The van der Waals surface area contributed by atoms with E-state index in [-0.39, 0.29) is 42.5 Å². The lowest BCUT2D eigenvalue weighted by atomic mass is 10.1. The van der Waals surface area contributed by atoms with Crippen molar-refractivity contribution in [1.29, 1.82) is 0 Å². The number of hydrogen-bond acceptors (Lipinski definition) is 6. The molecule has 0 spiro atoms. The molecule has 0 N–H and O–H groups in total. The van der Waals surface area contributed by atoms with Gasteiger partial charge in [-0.15, -0.1) is 5.10 Å². The van der Waals surface area contributed by atoms with E-state index in [0.717, 1.165) is 16.9 Å². The summed E-state index contributed by atoms with van der Waals surface area (Å²) >= 11 is 0. The molecule has 3 aromatic rings. The van der Waals surface area contributed by atoms with Crippen molar-refractivity contribution in [2.75, 3.05) is 33.3 Å². The number of piperazine rings is 1. The van der Waals surface area contributed by atoms with E-state index < -0.39 is 0 Å². The van der Waals surface area contributed by atoms with Crippen molar-refractivity contribution < 1.29 is 23.5 Å². The third kappa shape index (κ3) is 4.88. The number of aromatic nitrogens is 3. The molecule has 35 heavy (non-hydrogen) atoms. The Morgan fingerprint density at radius 1 is 1.09 bits per heavy atom. The van der Waals surface area contributed by atoms with Gasteiger partial charge in [-0.3, -0.25) is 9.59 Å². The second-order valence-electron chi connectivity index (χ2n) is 8.62. The number of nitrogens with zero attached hydrogens (tertiary/aromatic N) is 5. The Hall–Kier alpha value is -3.79. The third-order valence-electron chi connectivity index (χ3n) is 6.45. The molecule has 2 aromatic carbocycles. The van der Waals surface area contributed by atoms with Gasteiger partial charge in [-0.2, -0.15) is 0 Å². The van der Waals surface area contributed by atoms with Crippen LogP contribution in [-0.4, -0.2) is 69.9 Å². The summed E-state index contributed by atoms with van der Waals surface area (Å²) in [6.07, 6.45) is 0.00259. The summed E-state index contributed by atoms with van der Waals surface area (Å²) in [4.78, 5) is 29.4. The molecule has 1 aromatic heterocycles. The fourth-order valence-corrected chi connectivity index (χ4v) is 4.43. The number of carbonyl (C=O) groups excluding carboxylic acids is 2. The second-order valence-corrected chi connectivity index (χ2v) is 8.62. The zero-order chi connectivity index (χ0) is 24.4. The van der Waals surface area contributed by atoms with Gasteiger partial charge in [0.25, 0.3) is 5.91 Å². The Morgan fingerprint density at radius 3 is 2.57 bits per heavy atom. The fraction of sp³-hybridized carbons (Fsp3) is 0.360. The number of hydrogen-bond donors (Lipinski definition) is 0. The minimum Gasteiger partial charge on any atom is -0.497 e. The van der Waals surface area contributed by atoms with Crippen LogP contribution in [0.5, 0.6) is 5.75 Å². The van der Waals surface area contributed by atoms with E-state index in [1.165, 1.54) is 12.1 Å². The lowest BCUT2D eigenvalue weighted by Gasteiger charge is -2.34. The summed E-state index contributed by atoms with van der Waals surface area (Å²) in [6.45, 7) is 2.35. The number of ether oxygens (including phenoxy) is 2. The molecule has 0 radical (unpaired) electrons. The summed E-state index contributed by atoms with van der Waals surface area (Å²) in [5.41, 5.74) is 2.64. The quantitative estimate of drug-likeness (QED) is 0.558. The molecule has 2 aliphatic rings. The molecule has 2 aliphatic heterocycles. The zero-order valence-electron chi connectivity index (χ0n) is 19.4. The molecular weight excluding hydrogens is 453 g/mol. The second kappa shape index (κ2) is 9.83. The van der Waals surface area contributed by atoms with Gasteiger partial charge < -0.3 is 19.3 Å². The first-order valence-corrected chi connectivity index (χ1v) is 11.5. The van der Waals surface area contributed by atoms with Crippen LogP contribution in [0.4, 0.5) is 4.39 Å². The van der Waals surface area contributed by atoms with E-state index in [9.17, 15) is 14.0 Å². The minimum atomic E-state index is -0.305. The van der Waals surface area contributed by atoms with Gasteiger partial charge in [0.1, 0.15) is 17.7 Å². The monoisotopic (exact) mass is 479 g/mol. The van der Waals surface area contributed by atoms with Crippen molar-refractivity contribution in [2.45, 2.75) is 25.7 Å². The van der Waals surface area contributed by atoms with Crippen LogP contribution in [0.1, 0.15) is 33.4 Å². The predicted octanol–water partition coefficient (Wildman–Crippen LogP) is 2.22. The van der Waals surface area contributed by atoms with Gasteiger partial charge in [-0.05, 0) is 35.4 Å². The molecule has 3 heterocycles.